The molecule has 3 heteroatoms. The summed E-state index contributed by atoms with van der Waals surface area (Å²) in [4.78, 5) is 4.48. The van der Waals surface area contributed by atoms with Crippen molar-refractivity contribution in [1.82, 2.24) is 10.3 Å². The van der Waals surface area contributed by atoms with Crippen LogP contribution in [0.3, 0.4) is 0 Å². The molecular weight excluding hydrogens is 192 g/mol. The molecule has 1 aromatic rings. The number of aromatic nitrogens is 1. The second-order valence-corrected chi connectivity index (χ2v) is 5.19. The van der Waals surface area contributed by atoms with E-state index in [1.54, 1.807) is 11.3 Å². The van der Waals surface area contributed by atoms with E-state index in [-0.39, 0.29) is 5.54 Å². The Labute approximate surface area is 89.8 Å². The monoisotopic (exact) mass is 210 g/mol. The van der Waals surface area contributed by atoms with Gasteiger partial charge in [0.15, 0.2) is 0 Å². The van der Waals surface area contributed by atoms with Gasteiger partial charge in [0, 0.05) is 11.6 Å². The van der Waals surface area contributed by atoms with Crippen LogP contribution in [-0.4, -0.2) is 11.5 Å². The van der Waals surface area contributed by atoms with Crippen molar-refractivity contribution in [3.8, 4) is 0 Å². The zero-order valence-electron chi connectivity index (χ0n) is 8.92. The molecule has 1 N–H and O–H groups in total. The van der Waals surface area contributed by atoms with Gasteiger partial charge in [-0.15, -0.1) is 11.3 Å². The fourth-order valence-corrected chi connectivity index (χ4v) is 3.38. The lowest BCUT2D eigenvalue weighted by molar-refractivity contribution is 0.337. The number of hydrogen-bond acceptors (Lipinski definition) is 3. The third-order valence-electron chi connectivity index (χ3n) is 3.12. The largest absolute Gasteiger partial charge is 0.306 e. The van der Waals surface area contributed by atoms with Crippen molar-refractivity contribution in [3.63, 3.8) is 0 Å². The maximum atomic E-state index is 4.48. The Bertz CT molecular complexity index is 279. The highest BCUT2D eigenvalue weighted by molar-refractivity contribution is 7.09. The summed E-state index contributed by atoms with van der Waals surface area (Å²) >= 11 is 1.79. The first-order valence-corrected chi connectivity index (χ1v) is 6.30. The Morgan fingerprint density at radius 1 is 1.71 bits per heavy atom. The standard InChI is InChI=1S/C11H18N2S/c1-3-13-11(5-4-9(2)8-11)10-12-6-7-14-10/h6-7,9,13H,3-5,8H2,1-2H3. The van der Waals surface area contributed by atoms with Gasteiger partial charge in [-0.05, 0) is 31.7 Å². The third-order valence-corrected chi connectivity index (χ3v) is 4.09. The minimum Gasteiger partial charge on any atom is -0.306 e. The molecule has 0 bridgehead atoms. The van der Waals surface area contributed by atoms with Crippen LogP contribution in [0.1, 0.15) is 38.1 Å². The van der Waals surface area contributed by atoms with Gasteiger partial charge in [0.2, 0.25) is 0 Å². The zero-order valence-corrected chi connectivity index (χ0v) is 9.73. The van der Waals surface area contributed by atoms with Crippen molar-refractivity contribution in [2.75, 3.05) is 6.54 Å². The van der Waals surface area contributed by atoms with E-state index >= 15 is 0 Å². The molecule has 0 spiro atoms. The summed E-state index contributed by atoms with van der Waals surface area (Å²) in [6.45, 7) is 5.55. The van der Waals surface area contributed by atoms with E-state index in [1.807, 2.05) is 6.20 Å². The molecule has 14 heavy (non-hydrogen) atoms. The fraction of sp³-hybridized carbons (Fsp3) is 0.727. The van der Waals surface area contributed by atoms with Gasteiger partial charge in [-0.1, -0.05) is 13.8 Å². The maximum absolute atomic E-state index is 4.48. The zero-order chi connectivity index (χ0) is 10.0. The van der Waals surface area contributed by atoms with E-state index in [4.69, 9.17) is 0 Å². The highest BCUT2D eigenvalue weighted by Gasteiger charge is 2.40. The van der Waals surface area contributed by atoms with Gasteiger partial charge in [0.25, 0.3) is 0 Å². The van der Waals surface area contributed by atoms with Crippen LogP contribution in [0.4, 0.5) is 0 Å². The molecule has 2 rings (SSSR count). The van der Waals surface area contributed by atoms with Gasteiger partial charge in [-0.3, -0.25) is 0 Å². The van der Waals surface area contributed by atoms with E-state index in [1.165, 1.54) is 24.3 Å². The van der Waals surface area contributed by atoms with E-state index < -0.39 is 0 Å². The Morgan fingerprint density at radius 2 is 2.57 bits per heavy atom. The number of thiazole rings is 1. The first kappa shape index (κ1) is 10.1. The number of hydrogen-bond donors (Lipinski definition) is 1. The lowest BCUT2D eigenvalue weighted by Crippen LogP contribution is -2.39. The molecule has 1 aliphatic rings. The highest BCUT2D eigenvalue weighted by atomic mass is 32.1. The number of nitrogens with zero attached hydrogens (tertiary/aromatic N) is 1. The third kappa shape index (κ3) is 1.71. The molecule has 1 heterocycles. The topological polar surface area (TPSA) is 24.9 Å². The highest BCUT2D eigenvalue weighted by Crippen LogP contribution is 2.42. The van der Waals surface area contributed by atoms with E-state index in [2.05, 4.69) is 29.5 Å². The molecule has 1 saturated carbocycles. The quantitative estimate of drug-likeness (QED) is 0.830. The van der Waals surface area contributed by atoms with Crippen molar-refractivity contribution in [2.45, 2.75) is 38.6 Å². The molecule has 0 saturated heterocycles. The van der Waals surface area contributed by atoms with Crippen LogP contribution in [0.25, 0.3) is 0 Å². The van der Waals surface area contributed by atoms with Crippen LogP contribution in [0.15, 0.2) is 11.6 Å². The van der Waals surface area contributed by atoms with Gasteiger partial charge in [0.05, 0.1) is 5.54 Å². The van der Waals surface area contributed by atoms with Crippen molar-refractivity contribution in [2.24, 2.45) is 5.92 Å². The minimum absolute atomic E-state index is 0.197. The average Bonchev–Trinajstić information content (AvgIpc) is 2.75. The Morgan fingerprint density at radius 3 is 3.07 bits per heavy atom. The van der Waals surface area contributed by atoms with Crippen molar-refractivity contribution in [3.05, 3.63) is 16.6 Å². The molecule has 78 valence electrons. The Balaban J connectivity index is 2.23. The van der Waals surface area contributed by atoms with E-state index in [9.17, 15) is 0 Å². The van der Waals surface area contributed by atoms with Crippen molar-refractivity contribution >= 4 is 11.3 Å². The summed E-state index contributed by atoms with van der Waals surface area (Å²) in [7, 11) is 0. The Kier molecular flexibility index (Phi) is 2.88. The fourth-order valence-electron chi connectivity index (χ4n) is 2.52. The second kappa shape index (κ2) is 3.99. The molecule has 0 radical (unpaired) electrons. The average molecular weight is 210 g/mol. The molecule has 2 nitrogen and oxygen atoms in total. The summed E-state index contributed by atoms with van der Waals surface area (Å²) in [5.74, 6) is 0.831. The first-order chi connectivity index (χ1) is 6.77. The normalized spacial score (nSPS) is 32.3. The van der Waals surface area contributed by atoms with Crippen LogP contribution in [-0.2, 0) is 5.54 Å². The predicted molar refractivity (Wildman–Crippen MR) is 60.5 cm³/mol. The van der Waals surface area contributed by atoms with E-state index in [0.29, 0.717) is 0 Å². The molecular formula is C11H18N2S. The molecule has 1 fully saturated rings. The smallest absolute Gasteiger partial charge is 0.113 e. The van der Waals surface area contributed by atoms with Crippen molar-refractivity contribution in [1.29, 1.82) is 0 Å². The predicted octanol–water partition coefficient (Wildman–Crippen LogP) is 2.77. The number of nitrogens with one attached hydrogen (secondary N) is 1. The first-order valence-electron chi connectivity index (χ1n) is 5.42. The van der Waals surface area contributed by atoms with Crippen LogP contribution in [0, 0.1) is 5.92 Å². The molecule has 0 amide bonds. The lowest BCUT2D eigenvalue weighted by atomic mass is 9.97. The summed E-state index contributed by atoms with van der Waals surface area (Å²) in [6.07, 6.45) is 5.73. The van der Waals surface area contributed by atoms with Crippen LogP contribution < -0.4 is 5.32 Å². The SMILES string of the molecule is CCNC1(c2nccs2)CCC(C)C1. The van der Waals surface area contributed by atoms with Crippen LogP contribution in [0.5, 0.6) is 0 Å². The second-order valence-electron chi connectivity index (χ2n) is 4.30. The maximum Gasteiger partial charge on any atom is 0.113 e. The van der Waals surface area contributed by atoms with Gasteiger partial charge in [0.1, 0.15) is 5.01 Å². The molecule has 2 unspecified atom stereocenters. The molecule has 1 aromatic heterocycles. The molecule has 0 aromatic carbocycles. The number of rotatable bonds is 3. The lowest BCUT2D eigenvalue weighted by Gasteiger charge is -2.28. The van der Waals surface area contributed by atoms with Gasteiger partial charge < -0.3 is 5.32 Å². The van der Waals surface area contributed by atoms with E-state index in [0.717, 1.165) is 12.5 Å². The van der Waals surface area contributed by atoms with Gasteiger partial charge in [-0.2, -0.15) is 0 Å². The summed E-state index contributed by atoms with van der Waals surface area (Å²) in [5.41, 5.74) is 0.197. The molecule has 1 aliphatic carbocycles. The van der Waals surface area contributed by atoms with Crippen LogP contribution >= 0.6 is 11.3 Å². The Hall–Kier alpha value is -0.410. The molecule has 2 atom stereocenters. The molecule has 0 aliphatic heterocycles. The summed E-state index contributed by atoms with van der Waals surface area (Å²) < 4.78 is 0. The summed E-state index contributed by atoms with van der Waals surface area (Å²) in [6, 6.07) is 0. The summed E-state index contributed by atoms with van der Waals surface area (Å²) in [5, 5.41) is 7.00. The van der Waals surface area contributed by atoms with Crippen LogP contribution in [0.2, 0.25) is 0 Å². The van der Waals surface area contributed by atoms with Gasteiger partial charge >= 0.3 is 0 Å². The van der Waals surface area contributed by atoms with Crippen molar-refractivity contribution < 1.29 is 0 Å². The minimum atomic E-state index is 0.197. The van der Waals surface area contributed by atoms with Gasteiger partial charge in [-0.25, -0.2) is 4.98 Å².